The number of hydrogen-bond acceptors (Lipinski definition) is 7. The lowest BCUT2D eigenvalue weighted by atomic mass is 10.0. The third-order valence-corrected chi connectivity index (χ3v) is 6.29. The van der Waals surface area contributed by atoms with Crippen LogP contribution < -0.4 is 32.6 Å². The molecule has 0 radical (unpaired) electrons. The van der Waals surface area contributed by atoms with E-state index in [-0.39, 0.29) is 11.9 Å². The molecular weight excluding hydrogens is 487 g/mol. The van der Waals surface area contributed by atoms with Gasteiger partial charge in [-0.1, -0.05) is 31.2 Å². The minimum Gasteiger partial charge on any atom is -0.381 e. The first-order valence-corrected chi connectivity index (χ1v) is 12.6. The maximum atomic E-state index is 13.3. The van der Waals surface area contributed by atoms with E-state index in [1.807, 2.05) is 30.3 Å². The van der Waals surface area contributed by atoms with Gasteiger partial charge in [-0.25, -0.2) is 20.0 Å². The summed E-state index contributed by atoms with van der Waals surface area (Å²) in [6, 6.07) is 16.5. The van der Waals surface area contributed by atoms with E-state index in [0.717, 1.165) is 37.2 Å². The Hall–Kier alpha value is -4.22. The molecule has 0 atom stereocenters. The number of hydrazone groups is 1. The van der Waals surface area contributed by atoms with Crippen molar-refractivity contribution in [2.45, 2.75) is 32.2 Å². The van der Waals surface area contributed by atoms with Crippen molar-refractivity contribution < 1.29 is 13.9 Å². The van der Waals surface area contributed by atoms with Gasteiger partial charge in [0, 0.05) is 54.4 Å². The molecule has 1 aliphatic rings. The third kappa shape index (κ3) is 6.55. The van der Waals surface area contributed by atoms with Crippen molar-refractivity contribution in [3.63, 3.8) is 0 Å². The molecule has 2 amide bonds. The first-order valence-electron chi connectivity index (χ1n) is 12.6. The monoisotopic (exact) mass is 520 g/mol. The summed E-state index contributed by atoms with van der Waals surface area (Å²) < 4.78 is 18.9. The first kappa shape index (κ1) is 26.8. The van der Waals surface area contributed by atoms with Crippen molar-refractivity contribution in [1.29, 1.82) is 0 Å². The van der Waals surface area contributed by atoms with Crippen LogP contribution in [0.15, 0.2) is 65.8 Å². The zero-order valence-electron chi connectivity index (χ0n) is 21.3. The Labute approximate surface area is 221 Å². The van der Waals surface area contributed by atoms with Crippen molar-refractivity contribution in [2.75, 3.05) is 35.3 Å². The maximum absolute atomic E-state index is 13.3. The predicted octanol–water partition coefficient (Wildman–Crippen LogP) is 4.01. The number of urea groups is 1. The molecule has 200 valence electrons. The van der Waals surface area contributed by atoms with Crippen LogP contribution in [0.4, 0.5) is 26.4 Å². The molecule has 4 rings (SSSR count). The average Bonchev–Trinajstić information content (AvgIpc) is 2.94. The number of amides is 2. The Morgan fingerprint density at radius 1 is 1.11 bits per heavy atom. The summed E-state index contributed by atoms with van der Waals surface area (Å²) >= 11 is 0. The van der Waals surface area contributed by atoms with Crippen molar-refractivity contribution in [1.82, 2.24) is 10.4 Å². The molecule has 10 nitrogen and oxygen atoms in total. The fourth-order valence-corrected chi connectivity index (χ4v) is 4.52. The van der Waals surface area contributed by atoms with Crippen molar-refractivity contribution in [3.8, 4) is 11.3 Å². The molecule has 2 heterocycles. The largest absolute Gasteiger partial charge is 0.381 e. The maximum Gasteiger partial charge on any atom is 0.323 e. The van der Waals surface area contributed by atoms with Gasteiger partial charge in [0.05, 0.1) is 5.69 Å². The number of nitrogens with two attached hydrogens (primary N) is 2. The molecule has 1 aliphatic heterocycles. The van der Waals surface area contributed by atoms with E-state index in [0.29, 0.717) is 41.7 Å². The zero-order valence-corrected chi connectivity index (χ0v) is 21.3. The van der Waals surface area contributed by atoms with Gasteiger partial charge in [0.25, 0.3) is 0 Å². The lowest BCUT2D eigenvalue weighted by molar-refractivity contribution is 0.0843. The summed E-state index contributed by atoms with van der Waals surface area (Å²) in [5, 5.41) is 9.40. The van der Waals surface area contributed by atoms with Crippen molar-refractivity contribution >= 4 is 29.1 Å². The van der Waals surface area contributed by atoms with E-state index in [1.165, 1.54) is 24.3 Å². The molecule has 7 N–H and O–H groups in total. The van der Waals surface area contributed by atoms with E-state index < -0.39 is 6.03 Å². The Balaban J connectivity index is 1.74. The predicted molar refractivity (Wildman–Crippen MR) is 148 cm³/mol. The molecular formula is C27H33FN8O2. The SMILES string of the molecule is CCCN(c1cc(NC(=O)Nc2ccc(F)cc2)cc(-c2ccccc2/C(=N/N)NN)n1)C1CCOCC1. The topological polar surface area (TPSA) is 143 Å². The number of carbonyl (C=O) groups excluding carboxylic acids is 1. The quantitative estimate of drug-likeness (QED) is 0.131. The minimum atomic E-state index is -0.464. The Morgan fingerprint density at radius 3 is 2.50 bits per heavy atom. The molecule has 0 bridgehead atoms. The van der Waals surface area contributed by atoms with Gasteiger partial charge >= 0.3 is 6.03 Å². The lowest BCUT2D eigenvalue weighted by Gasteiger charge is -2.35. The van der Waals surface area contributed by atoms with Crippen LogP contribution in [-0.2, 0) is 4.74 Å². The van der Waals surface area contributed by atoms with Gasteiger partial charge in [0.15, 0.2) is 5.84 Å². The highest BCUT2D eigenvalue weighted by Crippen LogP contribution is 2.31. The average molecular weight is 521 g/mol. The summed E-state index contributed by atoms with van der Waals surface area (Å²) in [6.45, 7) is 4.30. The molecule has 2 aromatic carbocycles. The van der Waals surface area contributed by atoms with Crippen molar-refractivity contribution in [3.05, 3.63) is 72.0 Å². The Kier molecular flexibility index (Phi) is 9.07. The number of ether oxygens (including phenoxy) is 1. The summed E-state index contributed by atoms with van der Waals surface area (Å²) in [5.74, 6) is 11.9. The van der Waals surface area contributed by atoms with E-state index in [9.17, 15) is 9.18 Å². The van der Waals surface area contributed by atoms with Crippen LogP contribution in [0.1, 0.15) is 31.7 Å². The molecule has 11 heteroatoms. The van der Waals surface area contributed by atoms with Crippen LogP contribution in [0.3, 0.4) is 0 Å². The van der Waals surface area contributed by atoms with Gasteiger partial charge in [-0.3, -0.25) is 0 Å². The van der Waals surface area contributed by atoms with Crippen LogP contribution in [0.2, 0.25) is 0 Å². The number of amidine groups is 1. The molecule has 0 spiro atoms. The first-order chi connectivity index (χ1) is 18.5. The fourth-order valence-electron chi connectivity index (χ4n) is 4.52. The zero-order chi connectivity index (χ0) is 26.9. The second-order valence-electron chi connectivity index (χ2n) is 8.89. The van der Waals surface area contributed by atoms with Gasteiger partial charge in [0.2, 0.25) is 0 Å². The number of rotatable bonds is 8. The summed E-state index contributed by atoms with van der Waals surface area (Å²) in [4.78, 5) is 20.2. The van der Waals surface area contributed by atoms with Gasteiger partial charge < -0.3 is 31.5 Å². The smallest absolute Gasteiger partial charge is 0.323 e. The number of carbonyl (C=O) groups is 1. The summed E-state index contributed by atoms with van der Waals surface area (Å²) in [5.41, 5.74) is 5.55. The fraction of sp³-hybridized carbons (Fsp3) is 0.296. The molecule has 3 aromatic rings. The number of aromatic nitrogens is 1. The molecule has 0 unspecified atom stereocenters. The van der Waals surface area contributed by atoms with Gasteiger partial charge in [0.1, 0.15) is 11.6 Å². The lowest BCUT2D eigenvalue weighted by Crippen LogP contribution is -2.40. The third-order valence-electron chi connectivity index (χ3n) is 6.29. The molecule has 1 aromatic heterocycles. The highest BCUT2D eigenvalue weighted by atomic mass is 19.1. The molecule has 1 fully saturated rings. The second-order valence-corrected chi connectivity index (χ2v) is 8.89. The minimum absolute atomic E-state index is 0.259. The van der Waals surface area contributed by atoms with Crippen LogP contribution in [0.5, 0.6) is 0 Å². The van der Waals surface area contributed by atoms with Gasteiger partial charge in [-0.2, -0.15) is 5.10 Å². The standard InChI is InChI=1S/C27H33FN8O2/c1-2-13-36(21-11-14-38-15-12-21)25-17-20(32-27(37)31-19-9-7-18(28)8-10-19)16-24(33-25)22-5-3-4-6-23(22)26(34-29)35-30/h3-10,16-17,21H,2,11-15,29-30H2,1H3,(H,34,35)(H2,31,32,33,37). The van der Waals surface area contributed by atoms with Crippen LogP contribution in [0, 0.1) is 5.82 Å². The molecule has 38 heavy (non-hydrogen) atoms. The Bertz CT molecular complexity index is 1260. The number of anilines is 3. The summed E-state index contributed by atoms with van der Waals surface area (Å²) in [7, 11) is 0. The number of halogens is 1. The number of nitrogens with zero attached hydrogens (tertiary/aromatic N) is 3. The number of hydrogen-bond donors (Lipinski definition) is 5. The number of hydrazine groups is 1. The van der Waals surface area contributed by atoms with E-state index in [4.69, 9.17) is 21.4 Å². The van der Waals surface area contributed by atoms with E-state index in [2.05, 4.69) is 33.0 Å². The van der Waals surface area contributed by atoms with E-state index in [1.54, 1.807) is 6.07 Å². The van der Waals surface area contributed by atoms with Crippen molar-refractivity contribution in [2.24, 2.45) is 16.8 Å². The number of nitrogens with one attached hydrogen (secondary N) is 3. The Morgan fingerprint density at radius 2 is 1.82 bits per heavy atom. The van der Waals surface area contributed by atoms with E-state index >= 15 is 0 Å². The number of benzene rings is 2. The van der Waals surface area contributed by atoms with Gasteiger partial charge in [-0.15, -0.1) is 0 Å². The number of pyridine rings is 1. The highest BCUT2D eigenvalue weighted by Gasteiger charge is 2.24. The van der Waals surface area contributed by atoms with Crippen LogP contribution in [0.25, 0.3) is 11.3 Å². The summed E-state index contributed by atoms with van der Waals surface area (Å²) in [6.07, 6.45) is 2.70. The normalized spacial score (nSPS) is 14.1. The molecule has 0 saturated carbocycles. The van der Waals surface area contributed by atoms with Crippen LogP contribution >= 0.6 is 0 Å². The molecule has 0 aliphatic carbocycles. The molecule has 1 saturated heterocycles. The van der Waals surface area contributed by atoms with Crippen LogP contribution in [-0.4, -0.2) is 42.7 Å². The highest BCUT2D eigenvalue weighted by molar-refractivity contribution is 6.04. The van der Waals surface area contributed by atoms with Gasteiger partial charge in [-0.05, 0) is 49.6 Å². The second kappa shape index (κ2) is 12.8.